The van der Waals surface area contributed by atoms with Crippen molar-refractivity contribution in [3.8, 4) is 11.6 Å². The van der Waals surface area contributed by atoms with E-state index < -0.39 is 23.2 Å². The number of carboxylic acid groups (broad SMARTS) is 1. The number of nitrogens with one attached hydrogen (secondary N) is 1. The fourth-order valence-electron chi connectivity index (χ4n) is 1.13. The Labute approximate surface area is 87.4 Å². The molecule has 2 N–H and O–H groups in total. The predicted octanol–water partition coefficient (Wildman–Crippen LogP) is 0.867. The third-order valence-corrected chi connectivity index (χ3v) is 1.77. The molecule has 0 aromatic carbocycles. The van der Waals surface area contributed by atoms with Gasteiger partial charge in [0.25, 0.3) is 11.6 Å². The fraction of sp³-hybridized carbons (Fsp3) is 0. The largest absolute Gasteiger partial charge is 0.477 e. The first-order valence-corrected chi connectivity index (χ1v) is 4.16. The van der Waals surface area contributed by atoms with Crippen LogP contribution in [0.1, 0.15) is 10.5 Å². The number of carbonyl (C=O) groups is 1. The molecule has 82 valence electrons. The number of halogens is 1. The van der Waals surface area contributed by atoms with Gasteiger partial charge in [0.15, 0.2) is 17.3 Å². The van der Waals surface area contributed by atoms with E-state index in [4.69, 9.17) is 5.11 Å². The summed E-state index contributed by atoms with van der Waals surface area (Å²) in [4.78, 5) is 27.6. The van der Waals surface area contributed by atoms with Crippen LogP contribution >= 0.6 is 0 Å². The second kappa shape index (κ2) is 3.61. The molecule has 0 aliphatic carbocycles. The standard InChI is InChI=1S/C9H5FN2O4/c10-6-2-1-5(16-6)8-11-4(9(14)15)3-7(13)12-8/h1-3H,(H,14,15)(H,11,12,13). The number of hydrogen-bond donors (Lipinski definition) is 2. The molecule has 0 atom stereocenters. The van der Waals surface area contributed by atoms with Crippen molar-refractivity contribution < 1.29 is 18.7 Å². The van der Waals surface area contributed by atoms with E-state index in [-0.39, 0.29) is 11.6 Å². The second-order valence-corrected chi connectivity index (χ2v) is 2.89. The van der Waals surface area contributed by atoms with Crippen LogP contribution in [0.25, 0.3) is 11.6 Å². The molecule has 0 aliphatic rings. The summed E-state index contributed by atoms with van der Waals surface area (Å²) < 4.78 is 17.1. The molecule has 0 fully saturated rings. The summed E-state index contributed by atoms with van der Waals surface area (Å²) in [6, 6.07) is 2.24. The first-order chi connectivity index (χ1) is 7.56. The van der Waals surface area contributed by atoms with E-state index >= 15 is 0 Å². The Hall–Kier alpha value is -2.44. The van der Waals surface area contributed by atoms with Crippen molar-refractivity contribution in [2.75, 3.05) is 0 Å². The number of aromatic amines is 1. The molecule has 0 saturated carbocycles. The molecule has 0 bridgehead atoms. The molecule has 0 saturated heterocycles. The van der Waals surface area contributed by atoms with Crippen LogP contribution in [0.2, 0.25) is 0 Å². The molecular formula is C9H5FN2O4. The Bertz CT molecular complexity index is 602. The Morgan fingerprint density at radius 3 is 2.81 bits per heavy atom. The molecule has 0 spiro atoms. The average molecular weight is 224 g/mol. The highest BCUT2D eigenvalue weighted by Crippen LogP contribution is 2.16. The Balaban J connectivity index is 2.57. The van der Waals surface area contributed by atoms with Crippen molar-refractivity contribution in [2.45, 2.75) is 0 Å². The van der Waals surface area contributed by atoms with Crippen molar-refractivity contribution in [3.63, 3.8) is 0 Å². The number of aromatic carboxylic acids is 1. The molecule has 0 unspecified atom stereocenters. The molecule has 2 rings (SSSR count). The van der Waals surface area contributed by atoms with E-state index in [9.17, 15) is 14.0 Å². The second-order valence-electron chi connectivity index (χ2n) is 2.89. The number of rotatable bonds is 2. The summed E-state index contributed by atoms with van der Waals surface area (Å²) in [6.07, 6.45) is 0. The first-order valence-electron chi connectivity index (χ1n) is 4.16. The average Bonchev–Trinajstić information content (AvgIpc) is 2.64. The van der Waals surface area contributed by atoms with Crippen LogP contribution in [0.15, 0.2) is 27.4 Å². The quantitative estimate of drug-likeness (QED) is 0.788. The maximum atomic E-state index is 12.6. The minimum absolute atomic E-state index is 0.0438. The highest BCUT2D eigenvalue weighted by atomic mass is 19.1. The molecule has 2 aromatic heterocycles. The first kappa shape index (κ1) is 10.1. The van der Waals surface area contributed by atoms with Crippen molar-refractivity contribution in [1.82, 2.24) is 9.97 Å². The van der Waals surface area contributed by atoms with Gasteiger partial charge >= 0.3 is 5.97 Å². The summed E-state index contributed by atoms with van der Waals surface area (Å²) in [5, 5.41) is 8.67. The van der Waals surface area contributed by atoms with Crippen LogP contribution < -0.4 is 5.56 Å². The molecule has 16 heavy (non-hydrogen) atoms. The zero-order valence-electron chi connectivity index (χ0n) is 7.73. The predicted molar refractivity (Wildman–Crippen MR) is 49.5 cm³/mol. The smallest absolute Gasteiger partial charge is 0.354 e. The minimum atomic E-state index is -1.35. The van der Waals surface area contributed by atoms with Gasteiger partial charge in [-0.1, -0.05) is 0 Å². The molecule has 6 nitrogen and oxygen atoms in total. The van der Waals surface area contributed by atoms with Crippen molar-refractivity contribution in [1.29, 1.82) is 0 Å². The van der Waals surface area contributed by atoms with Gasteiger partial charge in [0, 0.05) is 12.1 Å². The number of carboxylic acids is 1. The topological polar surface area (TPSA) is 96.2 Å². The Morgan fingerprint density at radius 2 is 2.25 bits per heavy atom. The summed E-state index contributed by atoms with van der Waals surface area (Å²) in [7, 11) is 0. The normalized spacial score (nSPS) is 10.3. The lowest BCUT2D eigenvalue weighted by atomic mass is 10.3. The van der Waals surface area contributed by atoms with Crippen LogP contribution in [0.3, 0.4) is 0 Å². The van der Waals surface area contributed by atoms with Crippen LogP contribution in [0.4, 0.5) is 4.39 Å². The molecular weight excluding hydrogens is 219 g/mol. The maximum Gasteiger partial charge on any atom is 0.354 e. The van der Waals surface area contributed by atoms with Crippen molar-refractivity contribution >= 4 is 5.97 Å². The van der Waals surface area contributed by atoms with Gasteiger partial charge in [-0.3, -0.25) is 4.79 Å². The van der Waals surface area contributed by atoms with Crippen molar-refractivity contribution in [3.05, 3.63) is 40.3 Å². The van der Waals surface area contributed by atoms with Crippen LogP contribution in [-0.4, -0.2) is 21.0 Å². The van der Waals surface area contributed by atoms with Gasteiger partial charge < -0.3 is 14.5 Å². The SMILES string of the molecule is O=C(O)c1cc(=O)[nH]c(-c2ccc(F)o2)n1. The van der Waals surface area contributed by atoms with Gasteiger partial charge in [-0.25, -0.2) is 9.78 Å². The highest BCUT2D eigenvalue weighted by Gasteiger charge is 2.12. The van der Waals surface area contributed by atoms with Crippen LogP contribution in [0, 0.1) is 6.01 Å². The molecule has 0 amide bonds. The monoisotopic (exact) mass is 224 g/mol. The molecule has 2 heterocycles. The lowest BCUT2D eigenvalue weighted by molar-refractivity contribution is 0.0690. The lowest BCUT2D eigenvalue weighted by Gasteiger charge is -1.97. The maximum absolute atomic E-state index is 12.6. The Morgan fingerprint density at radius 1 is 1.50 bits per heavy atom. The number of aromatic nitrogens is 2. The molecule has 7 heteroatoms. The Kier molecular flexibility index (Phi) is 2.28. The van der Waals surface area contributed by atoms with Gasteiger partial charge in [0.1, 0.15) is 0 Å². The van der Waals surface area contributed by atoms with Crippen LogP contribution in [0.5, 0.6) is 0 Å². The lowest BCUT2D eigenvalue weighted by Crippen LogP contribution is -2.13. The molecule has 0 aliphatic heterocycles. The van der Waals surface area contributed by atoms with E-state index in [1.165, 1.54) is 6.07 Å². The van der Waals surface area contributed by atoms with Gasteiger partial charge in [0.05, 0.1) is 0 Å². The van der Waals surface area contributed by atoms with Gasteiger partial charge in [-0.05, 0) is 6.07 Å². The van der Waals surface area contributed by atoms with E-state index in [0.29, 0.717) is 0 Å². The summed E-state index contributed by atoms with van der Waals surface area (Å²) in [6.45, 7) is 0. The molecule has 0 radical (unpaired) electrons. The van der Waals surface area contributed by atoms with E-state index in [0.717, 1.165) is 12.1 Å². The van der Waals surface area contributed by atoms with Gasteiger partial charge in [0.2, 0.25) is 0 Å². The summed E-state index contributed by atoms with van der Waals surface area (Å²) in [5.74, 6) is -1.52. The van der Waals surface area contributed by atoms with E-state index in [1.54, 1.807) is 0 Å². The third-order valence-electron chi connectivity index (χ3n) is 1.77. The van der Waals surface area contributed by atoms with Gasteiger partial charge in [-0.2, -0.15) is 4.39 Å². The van der Waals surface area contributed by atoms with Gasteiger partial charge in [-0.15, -0.1) is 0 Å². The number of H-pyrrole nitrogens is 1. The number of furan rings is 1. The zero-order chi connectivity index (χ0) is 11.7. The zero-order valence-corrected chi connectivity index (χ0v) is 7.73. The minimum Gasteiger partial charge on any atom is -0.477 e. The van der Waals surface area contributed by atoms with E-state index in [1.807, 2.05) is 0 Å². The summed E-state index contributed by atoms with van der Waals surface area (Å²) in [5.41, 5.74) is -1.09. The highest BCUT2D eigenvalue weighted by molar-refractivity contribution is 5.85. The third kappa shape index (κ3) is 1.83. The number of nitrogens with zero attached hydrogens (tertiary/aromatic N) is 1. The molecule has 2 aromatic rings. The van der Waals surface area contributed by atoms with Crippen molar-refractivity contribution in [2.24, 2.45) is 0 Å². The number of hydrogen-bond acceptors (Lipinski definition) is 4. The fourth-order valence-corrected chi connectivity index (χ4v) is 1.13. The van der Waals surface area contributed by atoms with E-state index in [2.05, 4.69) is 14.4 Å². The van der Waals surface area contributed by atoms with Crippen LogP contribution in [-0.2, 0) is 0 Å². The summed E-state index contributed by atoms with van der Waals surface area (Å²) >= 11 is 0.